The molecule has 2 N–H and O–H groups in total. The van der Waals surface area contributed by atoms with Crippen LogP contribution in [0.1, 0.15) is 33.6 Å². The van der Waals surface area contributed by atoms with E-state index >= 15 is 0 Å². The molecule has 0 saturated heterocycles. The topological polar surface area (TPSA) is 67.8 Å². The molecule has 1 aliphatic rings. The number of hydrogen-bond donors (Lipinski definition) is 2. The Hall–Kier alpha value is -0.810. The molecule has 1 saturated carbocycles. The third-order valence-electron chi connectivity index (χ3n) is 2.66. The predicted molar refractivity (Wildman–Crippen MR) is 59.2 cm³/mol. The van der Waals surface area contributed by atoms with Gasteiger partial charge in [0, 0.05) is 7.11 Å². The number of rotatable bonds is 4. The third-order valence-corrected chi connectivity index (χ3v) is 2.66. The second kappa shape index (κ2) is 4.59. The molecular weight excluding hydrogens is 210 g/mol. The molecule has 1 atom stereocenters. The van der Waals surface area contributed by atoms with E-state index in [2.05, 4.69) is 5.32 Å². The Morgan fingerprint density at radius 3 is 2.38 bits per heavy atom. The number of ether oxygens (including phenoxy) is 2. The Kier molecular flexibility index (Phi) is 3.80. The van der Waals surface area contributed by atoms with Crippen LogP contribution in [-0.4, -0.2) is 42.2 Å². The van der Waals surface area contributed by atoms with Crippen molar-refractivity contribution < 1.29 is 19.4 Å². The summed E-state index contributed by atoms with van der Waals surface area (Å²) in [5.41, 5.74) is -0.931. The van der Waals surface area contributed by atoms with Crippen molar-refractivity contribution in [2.24, 2.45) is 0 Å². The molecule has 0 aromatic heterocycles. The first-order chi connectivity index (χ1) is 7.33. The van der Waals surface area contributed by atoms with E-state index in [1.165, 1.54) is 0 Å². The lowest BCUT2D eigenvalue weighted by Crippen LogP contribution is -2.49. The molecule has 1 aliphatic carbocycles. The smallest absolute Gasteiger partial charge is 0.408 e. The van der Waals surface area contributed by atoms with Crippen LogP contribution in [0.5, 0.6) is 0 Å². The van der Waals surface area contributed by atoms with E-state index in [0.717, 1.165) is 12.8 Å². The number of nitrogens with one attached hydrogen (secondary N) is 1. The summed E-state index contributed by atoms with van der Waals surface area (Å²) in [6, 6.07) is -0.396. The average Bonchev–Trinajstić information content (AvgIpc) is 2.92. The normalized spacial score (nSPS) is 20.1. The highest BCUT2D eigenvalue weighted by Gasteiger charge is 2.50. The SMILES string of the molecule is COC1(C(CO)NC(=O)OC(C)(C)C)CC1. The van der Waals surface area contributed by atoms with E-state index in [1.54, 1.807) is 27.9 Å². The molecule has 0 radical (unpaired) electrons. The average molecular weight is 231 g/mol. The zero-order chi connectivity index (χ0) is 12.4. The van der Waals surface area contributed by atoms with Gasteiger partial charge in [-0.05, 0) is 33.6 Å². The first-order valence-corrected chi connectivity index (χ1v) is 5.48. The number of aliphatic hydroxyl groups excluding tert-OH is 1. The van der Waals surface area contributed by atoms with Gasteiger partial charge in [0.1, 0.15) is 5.60 Å². The summed E-state index contributed by atoms with van der Waals surface area (Å²) in [6.45, 7) is 5.24. The zero-order valence-electron chi connectivity index (χ0n) is 10.4. The van der Waals surface area contributed by atoms with Gasteiger partial charge in [-0.3, -0.25) is 0 Å². The van der Waals surface area contributed by atoms with E-state index in [0.29, 0.717) is 0 Å². The van der Waals surface area contributed by atoms with Gasteiger partial charge in [-0.1, -0.05) is 0 Å². The summed E-state index contributed by atoms with van der Waals surface area (Å²) in [5, 5.41) is 11.9. The standard InChI is InChI=1S/C11H21NO4/c1-10(2,3)16-9(14)12-8(7-13)11(15-4)5-6-11/h8,13H,5-7H2,1-4H3,(H,12,14). The molecule has 0 heterocycles. The van der Waals surface area contributed by atoms with Crippen LogP contribution >= 0.6 is 0 Å². The molecule has 1 rings (SSSR count). The van der Waals surface area contributed by atoms with Crippen molar-refractivity contribution >= 4 is 6.09 Å². The molecule has 5 heteroatoms. The van der Waals surface area contributed by atoms with E-state index in [1.807, 2.05) is 0 Å². The Balaban J connectivity index is 2.48. The highest BCUT2D eigenvalue weighted by molar-refractivity contribution is 5.68. The van der Waals surface area contributed by atoms with Crippen LogP contribution in [-0.2, 0) is 9.47 Å². The fourth-order valence-electron chi connectivity index (χ4n) is 1.61. The van der Waals surface area contributed by atoms with E-state index < -0.39 is 23.3 Å². The van der Waals surface area contributed by atoms with Crippen molar-refractivity contribution in [1.29, 1.82) is 0 Å². The lowest BCUT2D eigenvalue weighted by molar-refractivity contribution is 0.00975. The Labute approximate surface area is 96.1 Å². The van der Waals surface area contributed by atoms with Crippen LogP contribution in [0.15, 0.2) is 0 Å². The Bertz CT molecular complexity index is 255. The maximum atomic E-state index is 11.5. The summed E-state index contributed by atoms with van der Waals surface area (Å²) < 4.78 is 10.4. The first-order valence-electron chi connectivity index (χ1n) is 5.48. The monoisotopic (exact) mass is 231 g/mol. The maximum absolute atomic E-state index is 11.5. The molecule has 0 aromatic carbocycles. The number of alkyl carbamates (subject to hydrolysis) is 1. The number of amides is 1. The number of methoxy groups -OCH3 is 1. The first kappa shape index (κ1) is 13.3. The Morgan fingerprint density at radius 1 is 1.50 bits per heavy atom. The van der Waals surface area contributed by atoms with Crippen LogP contribution in [0.4, 0.5) is 4.79 Å². The molecule has 1 amide bonds. The molecular formula is C11H21NO4. The second-order valence-corrected chi connectivity index (χ2v) is 5.15. The molecule has 0 spiro atoms. The van der Waals surface area contributed by atoms with E-state index in [4.69, 9.17) is 9.47 Å². The fraction of sp³-hybridized carbons (Fsp3) is 0.909. The summed E-state index contributed by atoms with van der Waals surface area (Å²) in [6.07, 6.45) is 1.18. The van der Waals surface area contributed by atoms with Gasteiger partial charge in [-0.15, -0.1) is 0 Å². The Morgan fingerprint density at radius 2 is 2.06 bits per heavy atom. The minimum absolute atomic E-state index is 0.146. The fourth-order valence-corrected chi connectivity index (χ4v) is 1.61. The molecule has 0 aromatic rings. The van der Waals surface area contributed by atoms with Crippen molar-refractivity contribution in [3.63, 3.8) is 0 Å². The van der Waals surface area contributed by atoms with Crippen molar-refractivity contribution in [3.05, 3.63) is 0 Å². The molecule has 1 unspecified atom stereocenters. The van der Waals surface area contributed by atoms with Crippen LogP contribution in [0.25, 0.3) is 0 Å². The van der Waals surface area contributed by atoms with Crippen LogP contribution in [0, 0.1) is 0 Å². The van der Waals surface area contributed by atoms with Crippen molar-refractivity contribution in [3.8, 4) is 0 Å². The van der Waals surface area contributed by atoms with E-state index in [-0.39, 0.29) is 6.61 Å². The van der Waals surface area contributed by atoms with Crippen LogP contribution in [0.3, 0.4) is 0 Å². The number of aliphatic hydroxyl groups is 1. The van der Waals surface area contributed by atoms with Crippen LogP contribution in [0.2, 0.25) is 0 Å². The van der Waals surface area contributed by atoms with Gasteiger partial charge in [0.2, 0.25) is 0 Å². The summed E-state index contributed by atoms with van der Waals surface area (Å²) in [7, 11) is 1.59. The van der Waals surface area contributed by atoms with Gasteiger partial charge >= 0.3 is 6.09 Å². The molecule has 5 nitrogen and oxygen atoms in total. The van der Waals surface area contributed by atoms with Gasteiger partial charge in [0.05, 0.1) is 18.2 Å². The molecule has 16 heavy (non-hydrogen) atoms. The summed E-state index contributed by atoms with van der Waals surface area (Å²) in [4.78, 5) is 11.5. The lowest BCUT2D eigenvalue weighted by atomic mass is 10.1. The van der Waals surface area contributed by atoms with E-state index in [9.17, 15) is 9.90 Å². The predicted octanol–water partition coefficient (Wildman–Crippen LogP) is 1.05. The van der Waals surface area contributed by atoms with Gasteiger partial charge < -0.3 is 19.9 Å². The molecule has 0 bridgehead atoms. The quantitative estimate of drug-likeness (QED) is 0.759. The van der Waals surface area contributed by atoms with Gasteiger partial charge in [0.15, 0.2) is 0 Å². The zero-order valence-corrected chi connectivity index (χ0v) is 10.4. The highest BCUT2D eigenvalue weighted by Crippen LogP contribution is 2.42. The number of carbonyl (C=O) groups excluding carboxylic acids is 1. The van der Waals surface area contributed by atoms with Crippen LogP contribution < -0.4 is 5.32 Å². The van der Waals surface area contributed by atoms with Gasteiger partial charge in [-0.2, -0.15) is 0 Å². The second-order valence-electron chi connectivity index (χ2n) is 5.15. The van der Waals surface area contributed by atoms with Gasteiger partial charge in [-0.25, -0.2) is 4.79 Å². The third kappa shape index (κ3) is 3.35. The molecule has 1 fully saturated rings. The highest BCUT2D eigenvalue weighted by atomic mass is 16.6. The van der Waals surface area contributed by atoms with Crippen molar-refractivity contribution in [2.45, 2.75) is 50.9 Å². The number of carbonyl (C=O) groups is 1. The molecule has 0 aliphatic heterocycles. The molecule has 94 valence electrons. The maximum Gasteiger partial charge on any atom is 0.408 e. The summed E-state index contributed by atoms with van der Waals surface area (Å²) >= 11 is 0. The number of hydrogen-bond acceptors (Lipinski definition) is 4. The van der Waals surface area contributed by atoms with Crippen molar-refractivity contribution in [2.75, 3.05) is 13.7 Å². The summed E-state index contributed by atoms with van der Waals surface area (Å²) in [5.74, 6) is 0. The largest absolute Gasteiger partial charge is 0.444 e. The van der Waals surface area contributed by atoms with Crippen molar-refractivity contribution in [1.82, 2.24) is 5.32 Å². The van der Waals surface area contributed by atoms with Gasteiger partial charge in [0.25, 0.3) is 0 Å². The lowest BCUT2D eigenvalue weighted by Gasteiger charge is -2.27. The minimum Gasteiger partial charge on any atom is -0.444 e. The minimum atomic E-state index is -0.534.